The SMILES string of the molecule is CCOc1ccc(C=C2SC(=S)N(CCCC(=O)NCCc3ccccc3)C2=O)cc1. The second kappa shape index (κ2) is 11.7. The van der Waals surface area contributed by atoms with Gasteiger partial charge in [-0.05, 0) is 49.1 Å². The highest BCUT2D eigenvalue weighted by molar-refractivity contribution is 8.26. The highest BCUT2D eigenvalue weighted by atomic mass is 32.2. The third kappa shape index (κ3) is 6.94. The van der Waals surface area contributed by atoms with Crippen molar-refractivity contribution >= 4 is 46.2 Å². The molecule has 2 aromatic rings. The van der Waals surface area contributed by atoms with Crippen LogP contribution in [0, 0.1) is 0 Å². The van der Waals surface area contributed by atoms with Crippen molar-refractivity contribution in [3.63, 3.8) is 0 Å². The monoisotopic (exact) mass is 454 g/mol. The predicted octanol–water partition coefficient (Wildman–Crippen LogP) is 4.43. The summed E-state index contributed by atoms with van der Waals surface area (Å²) in [7, 11) is 0. The number of hydrogen-bond acceptors (Lipinski definition) is 5. The second-order valence-electron chi connectivity index (χ2n) is 7.02. The van der Waals surface area contributed by atoms with E-state index in [2.05, 4.69) is 5.32 Å². The van der Waals surface area contributed by atoms with Gasteiger partial charge in [0.25, 0.3) is 5.91 Å². The van der Waals surface area contributed by atoms with Crippen LogP contribution in [0.15, 0.2) is 59.5 Å². The number of thiocarbonyl (C=S) groups is 1. The average molecular weight is 455 g/mol. The molecule has 1 aliphatic rings. The first-order valence-electron chi connectivity index (χ1n) is 10.4. The lowest BCUT2D eigenvalue weighted by Gasteiger charge is -2.14. The number of thioether (sulfide) groups is 1. The van der Waals surface area contributed by atoms with Gasteiger partial charge in [0, 0.05) is 19.5 Å². The van der Waals surface area contributed by atoms with Gasteiger partial charge < -0.3 is 10.1 Å². The standard InChI is InChI=1S/C24H26N2O3S2/c1-2-29-20-12-10-19(11-13-20)17-21-23(28)26(24(30)31-21)16-6-9-22(27)25-15-14-18-7-4-3-5-8-18/h3-5,7-8,10-13,17H,2,6,9,14-16H2,1H3,(H,25,27). The Hall–Kier alpha value is -2.64. The van der Waals surface area contributed by atoms with Gasteiger partial charge >= 0.3 is 0 Å². The molecule has 0 aliphatic carbocycles. The van der Waals surface area contributed by atoms with Crippen molar-refractivity contribution in [3.05, 3.63) is 70.6 Å². The maximum atomic E-state index is 12.7. The molecule has 0 unspecified atom stereocenters. The number of rotatable bonds is 10. The molecule has 1 saturated heterocycles. The second-order valence-corrected chi connectivity index (χ2v) is 8.70. The minimum absolute atomic E-state index is 0.00805. The summed E-state index contributed by atoms with van der Waals surface area (Å²) in [6, 6.07) is 17.6. The highest BCUT2D eigenvalue weighted by Gasteiger charge is 2.31. The summed E-state index contributed by atoms with van der Waals surface area (Å²) in [5.41, 5.74) is 2.11. The molecule has 2 amide bonds. The number of carbonyl (C=O) groups is 2. The van der Waals surface area contributed by atoms with E-state index in [1.807, 2.05) is 67.6 Å². The predicted molar refractivity (Wildman–Crippen MR) is 130 cm³/mol. The van der Waals surface area contributed by atoms with Crippen molar-refractivity contribution in [2.75, 3.05) is 19.7 Å². The van der Waals surface area contributed by atoms with Crippen molar-refractivity contribution in [3.8, 4) is 5.75 Å². The first-order chi connectivity index (χ1) is 15.1. The van der Waals surface area contributed by atoms with E-state index in [1.165, 1.54) is 17.3 Å². The Morgan fingerprint density at radius 1 is 1.16 bits per heavy atom. The first-order valence-corrected chi connectivity index (χ1v) is 11.6. The van der Waals surface area contributed by atoms with E-state index in [1.54, 1.807) is 4.90 Å². The summed E-state index contributed by atoms with van der Waals surface area (Å²) in [6.07, 6.45) is 3.58. The fourth-order valence-corrected chi connectivity index (χ4v) is 4.46. The number of nitrogens with one attached hydrogen (secondary N) is 1. The zero-order valence-corrected chi connectivity index (χ0v) is 19.1. The van der Waals surface area contributed by atoms with Gasteiger partial charge in [-0.1, -0.05) is 66.4 Å². The highest BCUT2D eigenvalue weighted by Crippen LogP contribution is 2.32. The van der Waals surface area contributed by atoms with Crippen LogP contribution in [-0.4, -0.2) is 40.7 Å². The first kappa shape index (κ1) is 23.0. The van der Waals surface area contributed by atoms with E-state index in [9.17, 15) is 9.59 Å². The normalized spacial score (nSPS) is 14.9. The maximum absolute atomic E-state index is 12.7. The van der Waals surface area contributed by atoms with E-state index in [4.69, 9.17) is 17.0 Å². The molecule has 0 radical (unpaired) electrons. The van der Waals surface area contributed by atoms with Crippen LogP contribution in [0.2, 0.25) is 0 Å². The van der Waals surface area contributed by atoms with E-state index in [0.717, 1.165) is 17.7 Å². The van der Waals surface area contributed by atoms with Gasteiger partial charge in [0.2, 0.25) is 5.91 Å². The summed E-state index contributed by atoms with van der Waals surface area (Å²) in [5, 5.41) is 2.93. The minimum Gasteiger partial charge on any atom is -0.494 e. The summed E-state index contributed by atoms with van der Waals surface area (Å²) in [5.74, 6) is 0.689. The molecule has 0 spiro atoms. The lowest BCUT2D eigenvalue weighted by molar-refractivity contribution is -0.123. The van der Waals surface area contributed by atoms with Gasteiger partial charge in [-0.15, -0.1) is 0 Å². The van der Waals surface area contributed by atoms with Crippen molar-refractivity contribution in [1.82, 2.24) is 10.2 Å². The molecule has 31 heavy (non-hydrogen) atoms. The third-order valence-electron chi connectivity index (χ3n) is 4.73. The van der Waals surface area contributed by atoms with Crippen molar-refractivity contribution in [1.29, 1.82) is 0 Å². The molecule has 1 heterocycles. The number of ether oxygens (including phenoxy) is 1. The molecule has 2 aromatic carbocycles. The fourth-order valence-electron chi connectivity index (χ4n) is 3.15. The topological polar surface area (TPSA) is 58.6 Å². The molecule has 3 rings (SSSR count). The van der Waals surface area contributed by atoms with Gasteiger partial charge in [-0.3, -0.25) is 14.5 Å². The molecule has 0 saturated carbocycles. The lowest BCUT2D eigenvalue weighted by atomic mass is 10.1. The van der Waals surface area contributed by atoms with Crippen LogP contribution >= 0.6 is 24.0 Å². The molecule has 0 bridgehead atoms. The molecule has 0 aromatic heterocycles. The summed E-state index contributed by atoms with van der Waals surface area (Å²) >= 11 is 6.67. The van der Waals surface area contributed by atoms with Crippen LogP contribution in [0.5, 0.6) is 5.75 Å². The summed E-state index contributed by atoms with van der Waals surface area (Å²) in [6.45, 7) is 3.60. The van der Waals surface area contributed by atoms with Gasteiger partial charge in [0.15, 0.2) is 0 Å². The Balaban J connectivity index is 1.43. The van der Waals surface area contributed by atoms with E-state index in [-0.39, 0.29) is 11.8 Å². The molecule has 1 aliphatic heterocycles. The fraction of sp³-hybridized carbons (Fsp3) is 0.292. The van der Waals surface area contributed by atoms with Gasteiger partial charge in [-0.2, -0.15) is 0 Å². The Bertz CT molecular complexity index is 943. The molecule has 1 N–H and O–H groups in total. The number of carbonyl (C=O) groups excluding carboxylic acids is 2. The number of benzene rings is 2. The van der Waals surface area contributed by atoms with Crippen LogP contribution < -0.4 is 10.1 Å². The van der Waals surface area contributed by atoms with Crippen molar-refractivity contribution < 1.29 is 14.3 Å². The Kier molecular flexibility index (Phi) is 8.67. The van der Waals surface area contributed by atoms with Crippen molar-refractivity contribution in [2.24, 2.45) is 0 Å². The van der Waals surface area contributed by atoms with Gasteiger partial charge in [0.05, 0.1) is 11.5 Å². The Labute approximate surface area is 192 Å². The number of nitrogens with zero attached hydrogens (tertiary/aromatic N) is 1. The van der Waals surface area contributed by atoms with Crippen LogP contribution in [0.1, 0.15) is 30.9 Å². The quantitative estimate of drug-likeness (QED) is 0.425. The molecule has 0 atom stereocenters. The molecule has 1 fully saturated rings. The largest absolute Gasteiger partial charge is 0.494 e. The average Bonchev–Trinajstić information content (AvgIpc) is 3.03. The molecule has 5 nitrogen and oxygen atoms in total. The van der Waals surface area contributed by atoms with Gasteiger partial charge in [0.1, 0.15) is 10.1 Å². The Morgan fingerprint density at radius 3 is 2.61 bits per heavy atom. The number of amides is 2. The van der Waals surface area contributed by atoms with E-state index >= 15 is 0 Å². The van der Waals surface area contributed by atoms with Crippen molar-refractivity contribution in [2.45, 2.75) is 26.2 Å². The maximum Gasteiger partial charge on any atom is 0.266 e. The molecule has 7 heteroatoms. The molecule has 162 valence electrons. The minimum atomic E-state index is -0.103. The van der Waals surface area contributed by atoms with Crippen LogP contribution in [0.3, 0.4) is 0 Å². The summed E-state index contributed by atoms with van der Waals surface area (Å²) in [4.78, 5) is 27.0. The van der Waals surface area contributed by atoms with Crippen LogP contribution in [-0.2, 0) is 16.0 Å². The molecular formula is C24H26N2O3S2. The third-order valence-corrected chi connectivity index (χ3v) is 6.10. The summed E-state index contributed by atoms with van der Waals surface area (Å²) < 4.78 is 5.98. The zero-order chi connectivity index (χ0) is 22.1. The zero-order valence-electron chi connectivity index (χ0n) is 17.5. The smallest absolute Gasteiger partial charge is 0.266 e. The van der Waals surface area contributed by atoms with Crippen LogP contribution in [0.25, 0.3) is 6.08 Å². The Morgan fingerprint density at radius 2 is 1.90 bits per heavy atom. The molecular weight excluding hydrogens is 428 g/mol. The van der Waals surface area contributed by atoms with Crippen LogP contribution in [0.4, 0.5) is 0 Å². The lowest BCUT2D eigenvalue weighted by Crippen LogP contribution is -2.31. The van der Waals surface area contributed by atoms with E-state index in [0.29, 0.717) is 41.8 Å². The van der Waals surface area contributed by atoms with E-state index < -0.39 is 0 Å². The number of hydrogen-bond donors (Lipinski definition) is 1. The van der Waals surface area contributed by atoms with Gasteiger partial charge in [-0.25, -0.2) is 0 Å².